The molecule has 4 nitrogen and oxygen atoms in total. The zero-order chi connectivity index (χ0) is 9.12. The fourth-order valence-electron chi connectivity index (χ4n) is 0.471. The van der Waals surface area contributed by atoms with Crippen LogP contribution in [0.2, 0.25) is 22.3 Å². The Balaban J connectivity index is 3.52. The third-order valence-corrected chi connectivity index (χ3v) is 5.21. The van der Waals surface area contributed by atoms with Crippen molar-refractivity contribution in [2.24, 2.45) is 0 Å². The molecule has 0 aromatic rings. The monoisotopic (exact) mass is 246 g/mol. The van der Waals surface area contributed by atoms with Crippen LogP contribution in [0.5, 0.6) is 0 Å². The molecule has 0 aliphatic rings. The van der Waals surface area contributed by atoms with Gasteiger partial charge in [0.2, 0.25) is 0 Å². The fourth-order valence-corrected chi connectivity index (χ4v) is 2.66. The van der Waals surface area contributed by atoms with Crippen LogP contribution < -0.4 is 0 Å². The summed E-state index contributed by atoms with van der Waals surface area (Å²) in [5.74, 6) is 0. The summed E-state index contributed by atoms with van der Waals surface area (Å²) in [6.45, 7) is 0.188. The minimum absolute atomic E-state index is 0.188. The van der Waals surface area contributed by atoms with Crippen molar-refractivity contribution in [3.05, 3.63) is 0 Å². The summed E-state index contributed by atoms with van der Waals surface area (Å²) in [6, 6.07) is 0. The molecule has 0 heterocycles. The van der Waals surface area contributed by atoms with Gasteiger partial charge in [-0.15, -0.1) is 0 Å². The molecule has 0 fully saturated rings. The second-order valence-corrected chi connectivity index (χ2v) is 16.7. The Labute approximate surface area is 69.6 Å². The van der Waals surface area contributed by atoms with Gasteiger partial charge in [-0.3, -0.25) is 0 Å². The average molecular weight is 246 g/mol. The van der Waals surface area contributed by atoms with E-state index in [1.54, 1.807) is 0 Å². The van der Waals surface area contributed by atoms with Crippen molar-refractivity contribution in [3.63, 3.8) is 0 Å². The normalized spacial score (nSPS) is 15.0. The van der Waals surface area contributed by atoms with Crippen LogP contribution in [0.15, 0.2) is 0 Å². The van der Waals surface area contributed by atoms with Crippen LogP contribution in [0, 0.1) is 0 Å². The van der Waals surface area contributed by atoms with Crippen molar-refractivity contribution in [2.45, 2.75) is 22.3 Å². The van der Waals surface area contributed by atoms with Gasteiger partial charge in [-0.1, -0.05) is 0 Å². The van der Waals surface area contributed by atoms with Gasteiger partial charge in [0.05, 0.1) is 0 Å². The van der Waals surface area contributed by atoms with E-state index in [1.807, 2.05) is 0 Å². The van der Waals surface area contributed by atoms with Gasteiger partial charge in [-0.2, -0.15) is 0 Å². The molecule has 6 heteroatoms. The third kappa shape index (κ3) is 10.7. The molecule has 70 valence electrons. The standard InChI is InChI=1S/C5H16AsO4P/c1-6(2,3)4-5-10-11(7,8)9/h6H,4-5H2,1-3H3,(H2,7,8,9). The second-order valence-electron chi connectivity index (χ2n) is 3.63. The second kappa shape index (κ2) is 4.06. The number of phosphoric acid groups is 1. The topological polar surface area (TPSA) is 66.8 Å². The summed E-state index contributed by atoms with van der Waals surface area (Å²) < 4.78 is 14.5. The molecule has 0 radical (unpaired) electrons. The van der Waals surface area contributed by atoms with Crippen LogP contribution >= 0.6 is 7.82 Å². The molecule has 0 aliphatic heterocycles. The molecule has 0 saturated heterocycles. The van der Waals surface area contributed by atoms with Gasteiger partial charge in [-0.25, -0.2) is 0 Å². The molecule has 0 aliphatic carbocycles. The van der Waals surface area contributed by atoms with Gasteiger partial charge in [0.25, 0.3) is 0 Å². The number of rotatable bonds is 4. The zero-order valence-electron chi connectivity index (χ0n) is 7.07. The molecule has 0 unspecified atom stereocenters. The number of hydrogen-bond acceptors (Lipinski definition) is 2. The van der Waals surface area contributed by atoms with E-state index in [0.29, 0.717) is 0 Å². The van der Waals surface area contributed by atoms with Crippen molar-refractivity contribution < 1.29 is 18.9 Å². The molecule has 0 aromatic carbocycles. The Morgan fingerprint density at radius 3 is 2.09 bits per heavy atom. The first-order valence-corrected chi connectivity index (χ1v) is 12.7. The van der Waals surface area contributed by atoms with E-state index >= 15 is 0 Å². The number of phosphoric ester groups is 1. The summed E-state index contributed by atoms with van der Waals surface area (Å²) in [5, 5.41) is 0.825. The van der Waals surface area contributed by atoms with Crippen LogP contribution in [0.4, 0.5) is 0 Å². The van der Waals surface area contributed by atoms with Crippen LogP contribution in [0.25, 0.3) is 0 Å². The first kappa shape index (κ1) is 11.7. The molecule has 0 amide bonds. The van der Waals surface area contributed by atoms with Gasteiger partial charge in [0, 0.05) is 0 Å². The summed E-state index contributed by atoms with van der Waals surface area (Å²) in [6.07, 6.45) is 0. The first-order valence-electron chi connectivity index (χ1n) is 3.41. The molecule has 11 heavy (non-hydrogen) atoms. The van der Waals surface area contributed by atoms with Gasteiger partial charge >= 0.3 is 69.2 Å². The van der Waals surface area contributed by atoms with Crippen molar-refractivity contribution >= 4 is 21.4 Å². The Hall–Kier alpha value is 0.668. The van der Waals surface area contributed by atoms with Crippen molar-refractivity contribution in [3.8, 4) is 0 Å². The zero-order valence-corrected chi connectivity index (χ0v) is 10.1. The minimum atomic E-state index is -4.22. The first-order chi connectivity index (χ1) is 4.71. The average Bonchev–Trinajstić information content (AvgIpc) is 1.55. The maximum atomic E-state index is 10.2. The fraction of sp³-hybridized carbons (Fsp3) is 1.00. The Bertz CT molecular complexity index is 158. The summed E-state index contributed by atoms with van der Waals surface area (Å²) in [5.41, 5.74) is 6.51. The van der Waals surface area contributed by atoms with Gasteiger partial charge in [0.1, 0.15) is 0 Å². The molecule has 0 rings (SSSR count). The summed E-state index contributed by atoms with van der Waals surface area (Å²) in [7, 11) is -4.22. The number of hydrogen-bond donors (Lipinski definition) is 2. The molecule has 0 saturated carbocycles. The van der Waals surface area contributed by atoms with Gasteiger partial charge < -0.3 is 0 Å². The predicted octanol–water partition coefficient (Wildman–Crippen LogP) is 1.17. The molecule has 0 bridgehead atoms. The van der Waals surface area contributed by atoms with E-state index in [1.165, 1.54) is 0 Å². The van der Waals surface area contributed by atoms with E-state index in [4.69, 9.17) is 9.79 Å². The predicted molar refractivity (Wildman–Crippen MR) is 47.5 cm³/mol. The van der Waals surface area contributed by atoms with Crippen molar-refractivity contribution in [2.75, 3.05) is 6.61 Å². The Morgan fingerprint density at radius 2 is 1.82 bits per heavy atom. The Kier molecular flexibility index (Phi) is 4.31. The van der Waals surface area contributed by atoms with Crippen molar-refractivity contribution in [1.29, 1.82) is 0 Å². The van der Waals surface area contributed by atoms with Crippen LogP contribution in [0.1, 0.15) is 0 Å². The van der Waals surface area contributed by atoms with E-state index in [-0.39, 0.29) is 6.61 Å². The van der Waals surface area contributed by atoms with E-state index in [9.17, 15) is 4.57 Å². The molecular formula is C5H16AsO4P. The van der Waals surface area contributed by atoms with Gasteiger partial charge in [-0.05, 0) is 0 Å². The van der Waals surface area contributed by atoms with Crippen molar-refractivity contribution in [1.82, 2.24) is 0 Å². The van der Waals surface area contributed by atoms with Crippen LogP contribution in [-0.4, -0.2) is 29.9 Å². The Morgan fingerprint density at radius 1 is 1.36 bits per heavy atom. The molecular weight excluding hydrogens is 230 g/mol. The quantitative estimate of drug-likeness (QED) is 0.577. The van der Waals surface area contributed by atoms with E-state index in [0.717, 1.165) is 5.21 Å². The molecule has 0 spiro atoms. The van der Waals surface area contributed by atoms with E-state index < -0.39 is 21.4 Å². The van der Waals surface area contributed by atoms with Gasteiger partial charge in [0.15, 0.2) is 0 Å². The maximum absolute atomic E-state index is 10.2. The third-order valence-electron chi connectivity index (χ3n) is 1.11. The SMILES string of the molecule is C[AsH](C)(C)CCOP(=O)(O)O. The summed E-state index contributed by atoms with van der Waals surface area (Å²) >= 11 is -1.67. The van der Waals surface area contributed by atoms with Crippen LogP contribution in [-0.2, 0) is 9.09 Å². The molecule has 0 atom stereocenters. The molecule has 0 aromatic heterocycles. The summed E-state index contributed by atoms with van der Waals surface area (Å²) in [4.78, 5) is 16.6. The molecule has 2 N–H and O–H groups in total. The van der Waals surface area contributed by atoms with E-state index in [2.05, 4.69) is 21.7 Å². The van der Waals surface area contributed by atoms with Crippen LogP contribution in [0.3, 0.4) is 0 Å².